The summed E-state index contributed by atoms with van der Waals surface area (Å²) in [5.41, 5.74) is 1.33. The molecule has 0 bridgehead atoms. The minimum absolute atomic E-state index is 0.154. The third-order valence-corrected chi connectivity index (χ3v) is 5.69. The van der Waals surface area contributed by atoms with Crippen molar-refractivity contribution in [3.8, 4) is 0 Å². The summed E-state index contributed by atoms with van der Waals surface area (Å²) in [6.45, 7) is 3.94. The Balaban J connectivity index is 1.81. The fourth-order valence-electron chi connectivity index (χ4n) is 2.41. The predicted octanol–water partition coefficient (Wildman–Crippen LogP) is 3.81. The summed E-state index contributed by atoms with van der Waals surface area (Å²) in [5.74, 6) is -0.232. The maximum Gasteiger partial charge on any atom is 0.335 e. The van der Waals surface area contributed by atoms with Crippen molar-refractivity contribution in [3.05, 3.63) is 60.1 Å². The van der Waals surface area contributed by atoms with Crippen LogP contribution in [0.1, 0.15) is 25.2 Å². The molecule has 0 aliphatic heterocycles. The van der Waals surface area contributed by atoms with Crippen LogP contribution in [0.4, 0.5) is 5.69 Å². The van der Waals surface area contributed by atoms with Crippen molar-refractivity contribution < 1.29 is 27.6 Å². The topological polar surface area (TPSA) is 107 Å². The quantitative estimate of drug-likeness (QED) is 0.423. The van der Waals surface area contributed by atoms with Crippen LogP contribution in [0.2, 0.25) is 0 Å². The van der Waals surface area contributed by atoms with E-state index in [9.17, 15) is 14.2 Å². The molecular weight excluding hydrogens is 395 g/mol. The average molecular weight is 420 g/mol. The maximum atomic E-state index is 12.6. The second kappa shape index (κ2) is 11.4. The number of nitrogens with one attached hydrogen (secondary N) is 2. The first-order valence-electron chi connectivity index (χ1n) is 9.20. The normalized spacial score (nSPS) is 11.5. The van der Waals surface area contributed by atoms with Crippen LogP contribution < -0.4 is 10.6 Å². The molecule has 29 heavy (non-hydrogen) atoms. The van der Waals surface area contributed by atoms with Gasteiger partial charge in [0.1, 0.15) is 5.76 Å². The molecule has 2 N–H and O–H groups in total. The zero-order valence-electron chi connectivity index (χ0n) is 16.4. The Labute approximate surface area is 169 Å². The molecule has 1 aromatic carbocycles. The van der Waals surface area contributed by atoms with Crippen LogP contribution >= 0.6 is 7.60 Å². The Hall–Kier alpha value is -2.67. The number of hydrogen-bond acceptors (Lipinski definition) is 6. The standard InChI is InChI=1S/C20H25N2O6P/c1-3-27-29(25,28-4-2)15-16-7-9-17(10-8-16)22-20(24)14-21-19(23)12-11-18-6-5-13-26-18/h5-13H,3-4,14-15H2,1-2H3,(H,21,23)(H,22,24). The van der Waals surface area contributed by atoms with E-state index in [2.05, 4.69) is 10.6 Å². The van der Waals surface area contributed by atoms with Crippen molar-refractivity contribution in [1.29, 1.82) is 0 Å². The highest BCUT2D eigenvalue weighted by Gasteiger charge is 2.23. The molecule has 156 valence electrons. The van der Waals surface area contributed by atoms with E-state index in [1.54, 1.807) is 50.2 Å². The van der Waals surface area contributed by atoms with Gasteiger partial charge >= 0.3 is 7.60 Å². The smallest absolute Gasteiger partial charge is 0.335 e. The Bertz CT molecular complexity index is 852. The minimum atomic E-state index is -3.18. The van der Waals surface area contributed by atoms with Crippen LogP contribution in [0.25, 0.3) is 6.08 Å². The zero-order valence-corrected chi connectivity index (χ0v) is 17.3. The van der Waals surface area contributed by atoms with Gasteiger partial charge in [-0.2, -0.15) is 0 Å². The number of benzene rings is 1. The van der Waals surface area contributed by atoms with Gasteiger partial charge in [0.2, 0.25) is 11.8 Å². The molecule has 1 heterocycles. The van der Waals surface area contributed by atoms with Crippen LogP contribution in [-0.2, 0) is 29.4 Å². The lowest BCUT2D eigenvalue weighted by Crippen LogP contribution is -2.31. The lowest BCUT2D eigenvalue weighted by molar-refractivity contribution is -0.121. The van der Waals surface area contributed by atoms with Crippen molar-refractivity contribution in [3.63, 3.8) is 0 Å². The first-order chi connectivity index (χ1) is 13.9. The average Bonchev–Trinajstić information content (AvgIpc) is 3.20. The molecule has 8 nitrogen and oxygen atoms in total. The van der Waals surface area contributed by atoms with E-state index >= 15 is 0 Å². The maximum absolute atomic E-state index is 12.6. The Kier molecular flexibility index (Phi) is 8.86. The van der Waals surface area contributed by atoms with E-state index in [1.165, 1.54) is 18.4 Å². The van der Waals surface area contributed by atoms with Crippen molar-refractivity contribution >= 4 is 31.2 Å². The summed E-state index contributed by atoms with van der Waals surface area (Å²) in [6, 6.07) is 10.3. The van der Waals surface area contributed by atoms with Crippen LogP contribution in [0.15, 0.2) is 53.2 Å². The van der Waals surface area contributed by atoms with Gasteiger partial charge in [0.25, 0.3) is 0 Å². The minimum Gasteiger partial charge on any atom is -0.465 e. The molecule has 2 amide bonds. The molecule has 0 radical (unpaired) electrons. The Morgan fingerprint density at radius 2 is 1.79 bits per heavy atom. The van der Waals surface area contributed by atoms with Crippen molar-refractivity contribution in [2.45, 2.75) is 20.0 Å². The largest absolute Gasteiger partial charge is 0.465 e. The third-order valence-electron chi connectivity index (χ3n) is 3.63. The van der Waals surface area contributed by atoms with Crippen LogP contribution in [0.5, 0.6) is 0 Å². The number of rotatable bonds is 11. The van der Waals surface area contributed by atoms with Gasteiger partial charge in [-0.3, -0.25) is 14.2 Å². The SMILES string of the molecule is CCOP(=O)(Cc1ccc(NC(=O)CNC(=O)C=Cc2ccco2)cc1)OCC. The fraction of sp³-hybridized carbons (Fsp3) is 0.300. The number of amides is 2. The van der Waals surface area contributed by atoms with Crippen molar-refractivity contribution in [2.24, 2.45) is 0 Å². The third kappa shape index (κ3) is 8.07. The molecule has 0 aliphatic rings. The molecule has 0 aliphatic carbocycles. The van der Waals surface area contributed by atoms with Gasteiger partial charge in [-0.1, -0.05) is 12.1 Å². The molecular formula is C20H25N2O6P. The van der Waals surface area contributed by atoms with Crippen LogP contribution in [0.3, 0.4) is 0 Å². The highest BCUT2D eigenvalue weighted by Crippen LogP contribution is 2.51. The zero-order chi connectivity index (χ0) is 21.1. The molecule has 0 spiro atoms. The first-order valence-corrected chi connectivity index (χ1v) is 10.9. The monoisotopic (exact) mass is 420 g/mol. The van der Waals surface area contributed by atoms with E-state index in [-0.39, 0.29) is 18.6 Å². The number of carbonyl (C=O) groups is 2. The fourth-order valence-corrected chi connectivity index (χ4v) is 4.12. The molecule has 0 saturated heterocycles. The summed E-state index contributed by atoms with van der Waals surface area (Å²) in [7, 11) is -3.18. The molecule has 0 atom stereocenters. The van der Waals surface area contributed by atoms with Crippen molar-refractivity contribution in [1.82, 2.24) is 5.32 Å². The number of furan rings is 1. The van der Waals surface area contributed by atoms with Gasteiger partial charge in [-0.15, -0.1) is 0 Å². The summed E-state index contributed by atoms with van der Waals surface area (Å²) in [5, 5.41) is 5.17. The van der Waals surface area contributed by atoms with Gasteiger partial charge in [0.05, 0.1) is 32.2 Å². The van der Waals surface area contributed by atoms with Crippen LogP contribution in [-0.4, -0.2) is 31.6 Å². The van der Waals surface area contributed by atoms with Gasteiger partial charge in [-0.05, 0) is 49.8 Å². The van der Waals surface area contributed by atoms with Crippen LogP contribution in [0, 0.1) is 0 Å². The lowest BCUT2D eigenvalue weighted by Gasteiger charge is -2.17. The van der Waals surface area contributed by atoms with E-state index in [0.29, 0.717) is 24.7 Å². The summed E-state index contributed by atoms with van der Waals surface area (Å²) in [4.78, 5) is 23.7. The summed E-state index contributed by atoms with van der Waals surface area (Å²) in [6.07, 6.45) is 4.45. The van der Waals surface area contributed by atoms with E-state index < -0.39 is 13.5 Å². The lowest BCUT2D eigenvalue weighted by atomic mass is 10.2. The Morgan fingerprint density at radius 1 is 1.10 bits per heavy atom. The molecule has 0 fully saturated rings. The molecule has 2 aromatic rings. The second-order valence-electron chi connectivity index (χ2n) is 5.92. The Morgan fingerprint density at radius 3 is 2.38 bits per heavy atom. The van der Waals surface area contributed by atoms with E-state index in [0.717, 1.165) is 5.56 Å². The number of anilines is 1. The van der Waals surface area contributed by atoms with Gasteiger partial charge in [0.15, 0.2) is 0 Å². The molecule has 0 unspecified atom stereocenters. The van der Waals surface area contributed by atoms with Gasteiger partial charge < -0.3 is 24.1 Å². The van der Waals surface area contributed by atoms with E-state index in [1.807, 2.05) is 0 Å². The second-order valence-corrected chi connectivity index (χ2v) is 7.97. The highest BCUT2D eigenvalue weighted by molar-refractivity contribution is 7.53. The molecule has 9 heteroatoms. The van der Waals surface area contributed by atoms with Crippen molar-refractivity contribution in [2.75, 3.05) is 25.1 Å². The highest BCUT2D eigenvalue weighted by atomic mass is 31.2. The van der Waals surface area contributed by atoms with Gasteiger partial charge in [-0.25, -0.2) is 0 Å². The molecule has 1 aromatic heterocycles. The van der Waals surface area contributed by atoms with E-state index in [4.69, 9.17) is 13.5 Å². The first kappa shape index (κ1) is 22.6. The number of hydrogen-bond donors (Lipinski definition) is 2. The molecule has 2 rings (SSSR count). The molecule has 0 saturated carbocycles. The summed E-state index contributed by atoms with van der Waals surface area (Å²) < 4.78 is 28.2. The van der Waals surface area contributed by atoms with Gasteiger partial charge in [0, 0.05) is 11.8 Å². The predicted molar refractivity (Wildman–Crippen MR) is 110 cm³/mol. The summed E-state index contributed by atoms with van der Waals surface area (Å²) >= 11 is 0. The number of carbonyl (C=O) groups excluding carboxylic acids is 2.